The van der Waals surface area contributed by atoms with Crippen LogP contribution >= 0.6 is 0 Å². The van der Waals surface area contributed by atoms with Gasteiger partial charge in [0, 0.05) is 12.1 Å². The monoisotopic (exact) mass is 273 g/mol. The first-order chi connectivity index (χ1) is 9.69. The fourth-order valence-electron chi connectivity index (χ4n) is 2.65. The highest BCUT2D eigenvalue weighted by Crippen LogP contribution is 2.23. The lowest BCUT2D eigenvalue weighted by atomic mass is 9.86. The minimum Gasteiger partial charge on any atom is -0.497 e. The molecule has 1 aromatic carbocycles. The molecule has 108 valence electrons. The van der Waals surface area contributed by atoms with Crippen molar-refractivity contribution in [1.29, 1.82) is 0 Å². The van der Waals surface area contributed by atoms with E-state index in [4.69, 9.17) is 4.74 Å². The average molecular weight is 273 g/mol. The van der Waals surface area contributed by atoms with Crippen LogP contribution in [0, 0.1) is 5.92 Å². The zero-order valence-corrected chi connectivity index (χ0v) is 12.3. The molecule has 3 heteroatoms. The second-order valence-electron chi connectivity index (χ2n) is 5.48. The Morgan fingerprint density at radius 1 is 1.25 bits per heavy atom. The number of carbonyl (C=O) groups excluding carboxylic acids is 1. The Kier molecular flexibility index (Phi) is 5.22. The van der Waals surface area contributed by atoms with Crippen LogP contribution in [0.3, 0.4) is 0 Å². The zero-order chi connectivity index (χ0) is 14.4. The van der Waals surface area contributed by atoms with Crippen LogP contribution in [0.4, 0.5) is 0 Å². The summed E-state index contributed by atoms with van der Waals surface area (Å²) in [6.07, 6.45) is 8.27. The van der Waals surface area contributed by atoms with E-state index in [1.807, 2.05) is 30.3 Å². The average Bonchev–Trinajstić information content (AvgIpc) is 2.48. The van der Waals surface area contributed by atoms with Gasteiger partial charge in [-0.1, -0.05) is 31.9 Å². The molecule has 0 spiro atoms. The zero-order valence-electron chi connectivity index (χ0n) is 12.3. The molecule has 0 bridgehead atoms. The molecule has 0 unspecified atom stereocenters. The van der Waals surface area contributed by atoms with Gasteiger partial charge in [-0.05, 0) is 42.5 Å². The second kappa shape index (κ2) is 7.13. The molecular weight excluding hydrogens is 250 g/mol. The molecule has 1 amide bonds. The molecular formula is C17H23NO2. The van der Waals surface area contributed by atoms with E-state index in [1.54, 1.807) is 13.2 Å². The molecule has 0 aromatic heterocycles. The molecule has 1 aromatic rings. The van der Waals surface area contributed by atoms with Gasteiger partial charge in [0.2, 0.25) is 5.91 Å². The first-order valence-electron chi connectivity index (χ1n) is 7.31. The topological polar surface area (TPSA) is 38.3 Å². The molecule has 0 saturated heterocycles. The van der Waals surface area contributed by atoms with Gasteiger partial charge < -0.3 is 10.1 Å². The number of benzene rings is 1. The van der Waals surface area contributed by atoms with Crippen molar-refractivity contribution in [1.82, 2.24) is 5.32 Å². The summed E-state index contributed by atoms with van der Waals surface area (Å²) >= 11 is 0. The van der Waals surface area contributed by atoms with Crippen LogP contribution < -0.4 is 10.1 Å². The van der Waals surface area contributed by atoms with Crippen LogP contribution in [0.5, 0.6) is 5.75 Å². The van der Waals surface area contributed by atoms with E-state index in [2.05, 4.69) is 12.2 Å². The Morgan fingerprint density at radius 3 is 2.60 bits per heavy atom. The van der Waals surface area contributed by atoms with E-state index in [-0.39, 0.29) is 5.91 Å². The van der Waals surface area contributed by atoms with Gasteiger partial charge in [-0.25, -0.2) is 0 Å². The smallest absolute Gasteiger partial charge is 0.244 e. The van der Waals surface area contributed by atoms with Crippen molar-refractivity contribution >= 4 is 12.0 Å². The predicted octanol–water partition coefficient (Wildman–Crippen LogP) is 3.40. The second-order valence-corrected chi connectivity index (χ2v) is 5.48. The van der Waals surface area contributed by atoms with Gasteiger partial charge in [0.15, 0.2) is 0 Å². The van der Waals surface area contributed by atoms with Gasteiger partial charge >= 0.3 is 0 Å². The minimum atomic E-state index is -0.000400. The summed E-state index contributed by atoms with van der Waals surface area (Å²) in [6.45, 7) is 2.22. The molecule has 1 fully saturated rings. The van der Waals surface area contributed by atoms with E-state index in [0.29, 0.717) is 12.0 Å². The van der Waals surface area contributed by atoms with Crippen LogP contribution in [0.15, 0.2) is 30.3 Å². The molecule has 1 aliphatic rings. The molecule has 0 radical (unpaired) electrons. The Bertz CT molecular complexity index is 464. The molecule has 0 aliphatic heterocycles. The number of nitrogens with one attached hydrogen (secondary N) is 1. The van der Waals surface area contributed by atoms with Gasteiger partial charge in [0.1, 0.15) is 5.75 Å². The van der Waals surface area contributed by atoms with E-state index in [9.17, 15) is 4.79 Å². The molecule has 1 saturated carbocycles. The SMILES string of the molecule is COc1ccc(/C=C/C(=O)N[C@@H]2CCCC[C@@H]2C)cc1. The number of amides is 1. The Balaban J connectivity index is 1.87. The Labute approximate surface area is 121 Å². The quantitative estimate of drug-likeness (QED) is 0.854. The van der Waals surface area contributed by atoms with E-state index >= 15 is 0 Å². The maximum absolute atomic E-state index is 11.9. The van der Waals surface area contributed by atoms with Crippen molar-refractivity contribution in [2.24, 2.45) is 5.92 Å². The summed E-state index contributed by atoms with van der Waals surface area (Å²) in [6, 6.07) is 7.98. The highest BCUT2D eigenvalue weighted by molar-refractivity contribution is 5.91. The normalized spacial score (nSPS) is 22.7. The lowest BCUT2D eigenvalue weighted by molar-refractivity contribution is -0.117. The number of rotatable bonds is 4. The van der Waals surface area contributed by atoms with Crippen molar-refractivity contribution in [3.05, 3.63) is 35.9 Å². The van der Waals surface area contributed by atoms with Gasteiger partial charge in [0.05, 0.1) is 7.11 Å². The lowest BCUT2D eigenvalue weighted by Gasteiger charge is -2.29. The summed E-state index contributed by atoms with van der Waals surface area (Å²) in [4.78, 5) is 11.9. The minimum absolute atomic E-state index is 0.000400. The molecule has 2 rings (SSSR count). The lowest BCUT2D eigenvalue weighted by Crippen LogP contribution is -2.40. The molecule has 2 atom stereocenters. The van der Waals surface area contributed by atoms with Crippen LogP contribution in [0.1, 0.15) is 38.2 Å². The highest BCUT2D eigenvalue weighted by Gasteiger charge is 2.21. The van der Waals surface area contributed by atoms with Gasteiger partial charge in [-0.2, -0.15) is 0 Å². The fourth-order valence-corrected chi connectivity index (χ4v) is 2.65. The first kappa shape index (κ1) is 14.6. The van der Waals surface area contributed by atoms with Gasteiger partial charge in [-0.3, -0.25) is 4.79 Å². The summed E-state index contributed by atoms with van der Waals surface area (Å²) in [5, 5.41) is 3.11. The third-order valence-electron chi connectivity index (χ3n) is 3.98. The first-order valence-corrected chi connectivity index (χ1v) is 7.31. The summed E-state index contributed by atoms with van der Waals surface area (Å²) < 4.78 is 5.10. The number of ether oxygens (including phenoxy) is 1. The van der Waals surface area contributed by atoms with Crippen molar-refractivity contribution in [2.75, 3.05) is 7.11 Å². The molecule has 1 aliphatic carbocycles. The van der Waals surface area contributed by atoms with Crippen molar-refractivity contribution in [3.63, 3.8) is 0 Å². The fraction of sp³-hybridized carbons (Fsp3) is 0.471. The maximum atomic E-state index is 11.9. The number of methoxy groups -OCH3 is 1. The Hall–Kier alpha value is -1.77. The summed E-state index contributed by atoms with van der Waals surface area (Å²) in [7, 11) is 1.64. The van der Waals surface area contributed by atoms with Crippen LogP contribution in [-0.2, 0) is 4.79 Å². The van der Waals surface area contributed by atoms with Crippen molar-refractivity contribution in [2.45, 2.75) is 38.6 Å². The third kappa shape index (κ3) is 4.12. The molecule has 0 heterocycles. The summed E-state index contributed by atoms with van der Waals surface area (Å²) in [5.41, 5.74) is 0.998. The van der Waals surface area contributed by atoms with E-state index in [1.165, 1.54) is 19.3 Å². The highest BCUT2D eigenvalue weighted by atomic mass is 16.5. The largest absolute Gasteiger partial charge is 0.497 e. The third-order valence-corrected chi connectivity index (χ3v) is 3.98. The van der Waals surface area contributed by atoms with Crippen LogP contribution in [-0.4, -0.2) is 19.1 Å². The van der Waals surface area contributed by atoms with Gasteiger partial charge in [-0.15, -0.1) is 0 Å². The molecule has 3 nitrogen and oxygen atoms in total. The predicted molar refractivity (Wildman–Crippen MR) is 81.6 cm³/mol. The molecule has 1 N–H and O–H groups in total. The van der Waals surface area contributed by atoms with Crippen molar-refractivity contribution < 1.29 is 9.53 Å². The standard InChI is InChI=1S/C17H23NO2/c1-13-5-3-4-6-16(13)18-17(19)12-9-14-7-10-15(20-2)11-8-14/h7-13,16H,3-6H2,1-2H3,(H,18,19)/b12-9+/t13-,16+/m0/s1. The Morgan fingerprint density at radius 2 is 1.95 bits per heavy atom. The molecule has 20 heavy (non-hydrogen) atoms. The summed E-state index contributed by atoms with van der Waals surface area (Å²) in [5.74, 6) is 1.41. The number of hydrogen-bond donors (Lipinski definition) is 1. The van der Waals surface area contributed by atoms with E-state index in [0.717, 1.165) is 17.7 Å². The van der Waals surface area contributed by atoms with E-state index < -0.39 is 0 Å². The van der Waals surface area contributed by atoms with Crippen LogP contribution in [0.2, 0.25) is 0 Å². The number of carbonyl (C=O) groups is 1. The van der Waals surface area contributed by atoms with Crippen LogP contribution in [0.25, 0.3) is 6.08 Å². The van der Waals surface area contributed by atoms with Crippen molar-refractivity contribution in [3.8, 4) is 5.75 Å². The maximum Gasteiger partial charge on any atom is 0.244 e. The number of hydrogen-bond acceptors (Lipinski definition) is 2. The van der Waals surface area contributed by atoms with Gasteiger partial charge in [0.25, 0.3) is 0 Å².